The van der Waals surface area contributed by atoms with Gasteiger partial charge in [-0.05, 0) is 36.2 Å². The van der Waals surface area contributed by atoms with Crippen LogP contribution >= 0.6 is 0 Å². The van der Waals surface area contributed by atoms with E-state index in [1.165, 1.54) is 0 Å². The summed E-state index contributed by atoms with van der Waals surface area (Å²) in [6, 6.07) is 19.0. The fourth-order valence-corrected chi connectivity index (χ4v) is 3.37. The lowest BCUT2D eigenvalue weighted by atomic mass is 10.1. The Labute approximate surface area is 185 Å². The molecular weight excluding hydrogens is 408 g/mol. The normalized spacial score (nSPS) is 10.7. The summed E-state index contributed by atoms with van der Waals surface area (Å²) in [6.07, 6.45) is 2.49. The summed E-state index contributed by atoms with van der Waals surface area (Å²) in [5.41, 5.74) is 2.60. The number of aromatic nitrogens is 3. The second-order valence-electron chi connectivity index (χ2n) is 7.10. The number of hydrogen-bond acceptors (Lipinski definition) is 6. The molecule has 32 heavy (non-hydrogen) atoms. The molecule has 0 aliphatic rings. The molecule has 2 aromatic heterocycles. The average Bonchev–Trinajstić information content (AvgIpc) is 3.49. The van der Waals surface area contributed by atoms with Crippen LogP contribution in [0.5, 0.6) is 11.5 Å². The number of amides is 1. The van der Waals surface area contributed by atoms with E-state index < -0.39 is 0 Å². The summed E-state index contributed by atoms with van der Waals surface area (Å²) in [5.74, 6) is 2.12. The lowest BCUT2D eigenvalue weighted by molar-refractivity contribution is -0.121. The second-order valence-corrected chi connectivity index (χ2v) is 7.10. The van der Waals surface area contributed by atoms with Crippen LogP contribution < -0.4 is 14.8 Å². The molecule has 8 nitrogen and oxygen atoms in total. The van der Waals surface area contributed by atoms with Crippen molar-refractivity contribution in [2.75, 3.05) is 20.8 Å². The topological polar surface area (TPSA) is 91.4 Å². The summed E-state index contributed by atoms with van der Waals surface area (Å²) in [7, 11) is 3.20. The largest absolute Gasteiger partial charge is 0.493 e. The van der Waals surface area contributed by atoms with E-state index in [1.807, 2.05) is 66.9 Å². The predicted octanol–water partition coefficient (Wildman–Crippen LogP) is 3.58. The van der Waals surface area contributed by atoms with Crippen molar-refractivity contribution in [3.8, 4) is 34.5 Å². The van der Waals surface area contributed by atoms with Gasteiger partial charge in [0.2, 0.25) is 11.7 Å². The third kappa shape index (κ3) is 4.80. The van der Waals surface area contributed by atoms with Crippen molar-refractivity contribution in [1.29, 1.82) is 0 Å². The molecule has 1 amide bonds. The van der Waals surface area contributed by atoms with E-state index in [4.69, 9.17) is 14.0 Å². The molecular formula is C24H24N4O4. The maximum absolute atomic E-state index is 12.5. The van der Waals surface area contributed by atoms with E-state index in [0.29, 0.717) is 41.9 Å². The molecule has 0 bridgehead atoms. The van der Waals surface area contributed by atoms with Crippen LogP contribution in [0.2, 0.25) is 0 Å². The van der Waals surface area contributed by atoms with Gasteiger partial charge < -0.3 is 23.9 Å². The summed E-state index contributed by atoms with van der Waals surface area (Å²) in [5, 5.41) is 7.00. The molecule has 2 heterocycles. The van der Waals surface area contributed by atoms with Crippen molar-refractivity contribution < 1.29 is 18.8 Å². The third-order valence-corrected chi connectivity index (χ3v) is 5.00. The molecule has 0 aliphatic heterocycles. The van der Waals surface area contributed by atoms with Gasteiger partial charge in [-0.1, -0.05) is 41.6 Å². The number of hydrogen-bond donors (Lipinski definition) is 1. The number of rotatable bonds is 9. The highest BCUT2D eigenvalue weighted by atomic mass is 16.5. The number of carbonyl (C=O) groups excluding carboxylic acids is 1. The molecule has 1 N–H and O–H groups in total. The predicted molar refractivity (Wildman–Crippen MR) is 119 cm³/mol. The van der Waals surface area contributed by atoms with Crippen LogP contribution in [0.15, 0.2) is 71.4 Å². The number of nitrogens with zero attached hydrogens (tertiary/aromatic N) is 3. The highest BCUT2D eigenvalue weighted by Gasteiger charge is 2.15. The number of carbonyl (C=O) groups is 1. The zero-order valence-corrected chi connectivity index (χ0v) is 17.9. The van der Waals surface area contributed by atoms with Crippen molar-refractivity contribution in [3.05, 3.63) is 72.4 Å². The minimum Gasteiger partial charge on any atom is -0.493 e. The van der Waals surface area contributed by atoms with Gasteiger partial charge in [0.25, 0.3) is 5.89 Å². The van der Waals surface area contributed by atoms with Gasteiger partial charge in [-0.25, -0.2) is 0 Å². The number of ether oxygens (including phenoxy) is 2. The second kappa shape index (κ2) is 9.82. The van der Waals surface area contributed by atoms with Crippen LogP contribution in [-0.4, -0.2) is 41.4 Å². The van der Waals surface area contributed by atoms with Gasteiger partial charge in [0.1, 0.15) is 12.2 Å². The van der Waals surface area contributed by atoms with Crippen molar-refractivity contribution in [3.63, 3.8) is 0 Å². The molecule has 2 aromatic carbocycles. The number of benzene rings is 2. The summed E-state index contributed by atoms with van der Waals surface area (Å²) in [4.78, 5) is 17.0. The summed E-state index contributed by atoms with van der Waals surface area (Å²) < 4.78 is 17.8. The summed E-state index contributed by atoms with van der Waals surface area (Å²) in [6.45, 7) is 0.654. The van der Waals surface area contributed by atoms with E-state index in [1.54, 1.807) is 18.8 Å². The minimum absolute atomic E-state index is 0.106. The molecule has 0 atom stereocenters. The van der Waals surface area contributed by atoms with Gasteiger partial charge in [0.15, 0.2) is 11.5 Å². The SMILES string of the molecule is COc1ccc(CCNC(=O)Cn2cccc2-c2nc(-c3ccccc3)no2)cc1OC. The first-order valence-corrected chi connectivity index (χ1v) is 10.2. The molecule has 4 aromatic rings. The van der Waals surface area contributed by atoms with Gasteiger partial charge in [0, 0.05) is 18.3 Å². The molecule has 164 valence electrons. The molecule has 0 unspecified atom stereocenters. The number of nitrogens with one attached hydrogen (secondary N) is 1. The van der Waals surface area contributed by atoms with Crippen molar-refractivity contribution in [2.45, 2.75) is 13.0 Å². The van der Waals surface area contributed by atoms with Crippen LogP contribution in [0.25, 0.3) is 23.0 Å². The Morgan fingerprint density at radius 2 is 1.84 bits per heavy atom. The monoisotopic (exact) mass is 432 g/mol. The van der Waals surface area contributed by atoms with E-state index in [0.717, 1.165) is 11.1 Å². The first kappa shape index (κ1) is 21.2. The van der Waals surface area contributed by atoms with Crippen LogP contribution in [0.3, 0.4) is 0 Å². The van der Waals surface area contributed by atoms with Gasteiger partial charge in [-0.15, -0.1) is 0 Å². The third-order valence-electron chi connectivity index (χ3n) is 5.00. The van der Waals surface area contributed by atoms with Crippen LogP contribution in [-0.2, 0) is 17.8 Å². The van der Waals surface area contributed by atoms with Crippen molar-refractivity contribution in [2.24, 2.45) is 0 Å². The Bertz CT molecular complexity index is 1180. The molecule has 0 fully saturated rings. The molecule has 8 heteroatoms. The van der Waals surface area contributed by atoms with Crippen molar-refractivity contribution >= 4 is 5.91 Å². The maximum atomic E-state index is 12.5. The Morgan fingerprint density at radius 3 is 2.62 bits per heavy atom. The van der Waals surface area contributed by atoms with Gasteiger partial charge >= 0.3 is 0 Å². The Hall–Kier alpha value is -4.07. The van der Waals surface area contributed by atoms with E-state index in [-0.39, 0.29) is 12.5 Å². The zero-order chi connectivity index (χ0) is 22.3. The van der Waals surface area contributed by atoms with Crippen LogP contribution in [0, 0.1) is 0 Å². The molecule has 0 saturated heterocycles. The quantitative estimate of drug-likeness (QED) is 0.435. The van der Waals surface area contributed by atoms with Gasteiger partial charge in [-0.2, -0.15) is 4.98 Å². The van der Waals surface area contributed by atoms with E-state index >= 15 is 0 Å². The minimum atomic E-state index is -0.106. The molecule has 4 rings (SSSR count). The zero-order valence-electron chi connectivity index (χ0n) is 17.9. The smallest absolute Gasteiger partial charge is 0.274 e. The first-order valence-electron chi connectivity index (χ1n) is 10.2. The van der Waals surface area contributed by atoms with E-state index in [2.05, 4.69) is 15.5 Å². The lowest BCUT2D eigenvalue weighted by Crippen LogP contribution is -2.29. The Balaban J connectivity index is 1.35. The lowest BCUT2D eigenvalue weighted by Gasteiger charge is -2.11. The standard InChI is InChI=1S/C24H24N4O4/c1-30-20-11-10-17(15-21(20)31-2)12-13-25-22(29)16-28-14-6-9-19(28)24-26-23(27-32-24)18-7-4-3-5-8-18/h3-11,14-15H,12-13,16H2,1-2H3,(H,25,29). The Kier molecular flexibility index (Phi) is 6.50. The Morgan fingerprint density at radius 1 is 1.03 bits per heavy atom. The highest BCUT2D eigenvalue weighted by Crippen LogP contribution is 2.27. The van der Waals surface area contributed by atoms with Gasteiger partial charge in [0.05, 0.1) is 14.2 Å². The molecule has 0 saturated carbocycles. The fourth-order valence-electron chi connectivity index (χ4n) is 3.37. The van der Waals surface area contributed by atoms with E-state index in [9.17, 15) is 4.79 Å². The number of methoxy groups -OCH3 is 2. The first-order chi connectivity index (χ1) is 15.7. The average molecular weight is 432 g/mol. The van der Waals surface area contributed by atoms with Gasteiger partial charge in [-0.3, -0.25) is 4.79 Å². The molecule has 0 aliphatic carbocycles. The fraction of sp³-hybridized carbons (Fsp3) is 0.208. The van der Waals surface area contributed by atoms with Crippen molar-refractivity contribution in [1.82, 2.24) is 20.0 Å². The molecule has 0 radical (unpaired) electrons. The highest BCUT2D eigenvalue weighted by molar-refractivity contribution is 5.76. The summed E-state index contributed by atoms with van der Waals surface area (Å²) >= 11 is 0. The molecule has 0 spiro atoms. The van der Waals surface area contributed by atoms with Crippen LogP contribution in [0.4, 0.5) is 0 Å². The maximum Gasteiger partial charge on any atom is 0.274 e. The van der Waals surface area contributed by atoms with Crippen LogP contribution in [0.1, 0.15) is 5.56 Å².